The minimum absolute atomic E-state index is 0.162. The maximum Gasteiger partial charge on any atom is 0.103 e. The molecule has 0 bridgehead atoms. The fourth-order valence-corrected chi connectivity index (χ4v) is 7.68. The number of halogens is 3. The van der Waals surface area contributed by atoms with Gasteiger partial charge < -0.3 is 0 Å². The minimum atomic E-state index is -0.713. The first-order valence-corrected chi connectivity index (χ1v) is 9.55. The van der Waals surface area contributed by atoms with Crippen LogP contribution in [0.1, 0.15) is 33.4 Å². The van der Waals surface area contributed by atoms with E-state index in [1.54, 1.807) is 0 Å². The highest BCUT2D eigenvalue weighted by Gasteiger charge is 2.76. The van der Waals surface area contributed by atoms with Crippen LogP contribution in [0, 0.1) is 5.92 Å². The summed E-state index contributed by atoms with van der Waals surface area (Å²) in [7, 11) is 0. The molecule has 0 nitrogen and oxygen atoms in total. The average Bonchev–Trinajstić information content (AvgIpc) is 3.11. The Labute approximate surface area is 161 Å². The maximum atomic E-state index is 7.46. The maximum absolute atomic E-state index is 7.46. The molecule has 0 amide bonds. The molecule has 0 unspecified atom stereocenters. The molecule has 3 heteroatoms. The van der Waals surface area contributed by atoms with Crippen molar-refractivity contribution in [2.24, 2.45) is 5.92 Å². The first kappa shape index (κ1) is 14.7. The van der Waals surface area contributed by atoms with Crippen LogP contribution in [0.5, 0.6) is 0 Å². The third-order valence-electron chi connectivity index (χ3n) is 6.33. The highest BCUT2D eigenvalue weighted by atomic mass is 35.5. The topological polar surface area (TPSA) is 0 Å². The van der Waals surface area contributed by atoms with Crippen molar-refractivity contribution in [3.8, 4) is 0 Å². The summed E-state index contributed by atoms with van der Waals surface area (Å²) in [6.07, 6.45) is 0. The SMILES string of the molecule is ClC12c3ccccc3C3(Cl)c4ccccc4C(Cl)(c4ccccc41)C23. The van der Waals surface area contributed by atoms with Crippen molar-refractivity contribution in [1.82, 2.24) is 0 Å². The van der Waals surface area contributed by atoms with Crippen LogP contribution in [0.4, 0.5) is 0 Å². The summed E-state index contributed by atoms with van der Waals surface area (Å²) >= 11 is 22.4. The second-order valence-corrected chi connectivity index (χ2v) is 8.99. The Balaban J connectivity index is 1.88. The van der Waals surface area contributed by atoms with Crippen molar-refractivity contribution < 1.29 is 0 Å². The van der Waals surface area contributed by atoms with Crippen LogP contribution in [0.25, 0.3) is 0 Å². The molecule has 0 radical (unpaired) electrons. The van der Waals surface area contributed by atoms with Crippen LogP contribution in [0.3, 0.4) is 0 Å². The van der Waals surface area contributed by atoms with Gasteiger partial charge in [-0.3, -0.25) is 0 Å². The summed E-state index contributed by atoms with van der Waals surface area (Å²) in [5.41, 5.74) is 6.51. The molecule has 3 aromatic rings. The molecule has 0 saturated heterocycles. The van der Waals surface area contributed by atoms with Crippen LogP contribution in [0.15, 0.2) is 72.8 Å². The molecule has 6 rings (SSSR count). The molecular weight excluding hydrogens is 371 g/mol. The number of hydrogen-bond acceptors (Lipinski definition) is 0. The molecule has 0 heterocycles. The van der Waals surface area contributed by atoms with Gasteiger partial charge in [-0.25, -0.2) is 0 Å². The number of fused-ring (bicyclic) bond motifs is 9. The normalized spacial score (nSPS) is 35.9. The molecule has 0 spiro atoms. The van der Waals surface area contributed by atoms with Gasteiger partial charge in [-0.15, -0.1) is 34.8 Å². The molecule has 0 fully saturated rings. The van der Waals surface area contributed by atoms with Gasteiger partial charge in [-0.05, 0) is 33.4 Å². The van der Waals surface area contributed by atoms with E-state index in [1.807, 2.05) is 36.4 Å². The van der Waals surface area contributed by atoms with Gasteiger partial charge >= 0.3 is 0 Å². The van der Waals surface area contributed by atoms with E-state index in [4.69, 9.17) is 34.8 Å². The lowest BCUT2D eigenvalue weighted by Crippen LogP contribution is -2.36. The molecule has 0 aliphatic heterocycles. The van der Waals surface area contributed by atoms with E-state index >= 15 is 0 Å². The second kappa shape index (κ2) is 4.26. The van der Waals surface area contributed by atoms with Crippen LogP contribution in [-0.4, -0.2) is 0 Å². The van der Waals surface area contributed by atoms with Crippen molar-refractivity contribution in [3.05, 3.63) is 106 Å². The van der Waals surface area contributed by atoms with Crippen molar-refractivity contribution in [2.45, 2.75) is 14.6 Å². The highest BCUT2D eigenvalue weighted by Crippen LogP contribution is 2.79. The molecule has 25 heavy (non-hydrogen) atoms. The van der Waals surface area contributed by atoms with Gasteiger partial charge in [0.25, 0.3) is 0 Å². The van der Waals surface area contributed by atoms with Crippen molar-refractivity contribution in [1.29, 1.82) is 0 Å². The quantitative estimate of drug-likeness (QED) is 0.412. The van der Waals surface area contributed by atoms with E-state index in [0.717, 1.165) is 33.4 Å². The van der Waals surface area contributed by atoms with Gasteiger partial charge in [0.05, 0.1) is 0 Å². The summed E-state index contributed by atoms with van der Waals surface area (Å²) in [6, 6.07) is 24.8. The fourth-order valence-electron chi connectivity index (χ4n) is 5.54. The number of alkyl halides is 3. The standard InChI is InChI=1S/C22H13Cl3/c23-20-13-7-1-2-8-14(13)21(24)17-11-5-6-12-18(17)22(25,19(20)21)16-10-4-3-9-15(16)20/h1-12,19H. The highest BCUT2D eigenvalue weighted by molar-refractivity contribution is 6.38. The summed E-state index contributed by atoms with van der Waals surface area (Å²) < 4.78 is 0. The lowest BCUT2D eigenvalue weighted by atomic mass is 9.84. The lowest BCUT2D eigenvalue weighted by molar-refractivity contribution is 0.388. The van der Waals surface area contributed by atoms with Gasteiger partial charge in [0.15, 0.2) is 0 Å². The zero-order valence-electron chi connectivity index (χ0n) is 13.1. The Kier molecular flexibility index (Phi) is 2.50. The van der Waals surface area contributed by atoms with E-state index < -0.39 is 14.6 Å². The van der Waals surface area contributed by atoms with Gasteiger partial charge in [0.1, 0.15) is 14.6 Å². The van der Waals surface area contributed by atoms with E-state index in [-0.39, 0.29) is 5.92 Å². The van der Waals surface area contributed by atoms with E-state index in [1.165, 1.54) is 0 Å². The first-order chi connectivity index (χ1) is 12.0. The number of hydrogen-bond donors (Lipinski definition) is 0. The van der Waals surface area contributed by atoms with Crippen LogP contribution < -0.4 is 0 Å². The summed E-state index contributed by atoms with van der Waals surface area (Å²) in [6.45, 7) is 0. The summed E-state index contributed by atoms with van der Waals surface area (Å²) in [4.78, 5) is -2.14. The molecule has 0 N–H and O–H groups in total. The minimum Gasteiger partial charge on any atom is -0.108 e. The molecule has 3 aliphatic carbocycles. The Morgan fingerprint density at radius 3 is 0.840 bits per heavy atom. The predicted molar refractivity (Wildman–Crippen MR) is 103 cm³/mol. The molecule has 0 atom stereocenters. The largest absolute Gasteiger partial charge is 0.108 e. The van der Waals surface area contributed by atoms with Gasteiger partial charge in [-0.2, -0.15) is 0 Å². The van der Waals surface area contributed by atoms with E-state index in [9.17, 15) is 0 Å². The Hall–Kier alpha value is -1.47. The fraction of sp³-hybridized carbons (Fsp3) is 0.182. The van der Waals surface area contributed by atoms with Crippen molar-refractivity contribution in [3.63, 3.8) is 0 Å². The average molecular weight is 384 g/mol. The zero-order chi connectivity index (χ0) is 17.0. The zero-order valence-corrected chi connectivity index (χ0v) is 15.4. The second-order valence-electron chi connectivity index (χ2n) is 7.21. The monoisotopic (exact) mass is 382 g/mol. The lowest BCUT2D eigenvalue weighted by Gasteiger charge is -2.33. The van der Waals surface area contributed by atoms with Gasteiger partial charge in [0, 0.05) is 5.92 Å². The van der Waals surface area contributed by atoms with Gasteiger partial charge in [0.2, 0.25) is 0 Å². The Morgan fingerprint density at radius 1 is 0.440 bits per heavy atom. The predicted octanol–water partition coefficient (Wildman–Crippen LogP) is 6.09. The Morgan fingerprint density at radius 2 is 0.640 bits per heavy atom. The van der Waals surface area contributed by atoms with E-state index in [0.29, 0.717) is 0 Å². The molecule has 0 aromatic heterocycles. The van der Waals surface area contributed by atoms with Crippen molar-refractivity contribution in [2.75, 3.05) is 0 Å². The van der Waals surface area contributed by atoms with Crippen LogP contribution >= 0.6 is 34.8 Å². The molecule has 0 saturated carbocycles. The van der Waals surface area contributed by atoms with E-state index in [2.05, 4.69) is 36.4 Å². The Bertz CT molecular complexity index is 862. The van der Waals surface area contributed by atoms with Crippen molar-refractivity contribution >= 4 is 34.8 Å². The molecule has 3 aliphatic rings. The summed E-state index contributed by atoms with van der Waals surface area (Å²) in [5.74, 6) is -0.162. The van der Waals surface area contributed by atoms with Gasteiger partial charge in [-0.1, -0.05) is 72.8 Å². The number of benzene rings is 3. The van der Waals surface area contributed by atoms with Crippen LogP contribution in [0.2, 0.25) is 0 Å². The number of rotatable bonds is 0. The molecule has 3 aromatic carbocycles. The third-order valence-corrected chi connectivity index (χ3v) is 8.20. The summed E-state index contributed by atoms with van der Waals surface area (Å²) in [5, 5.41) is 0. The third kappa shape index (κ3) is 1.30. The molecule has 122 valence electrons. The molecular formula is C22H13Cl3. The first-order valence-electron chi connectivity index (χ1n) is 8.42. The smallest absolute Gasteiger partial charge is 0.103 e. The van der Waals surface area contributed by atoms with Crippen LogP contribution in [-0.2, 0) is 14.6 Å².